The molecular weight excluding hydrogens is 266 g/mol. The van der Waals surface area contributed by atoms with Gasteiger partial charge in [0.25, 0.3) is 5.56 Å². The number of aromatic amines is 1. The van der Waals surface area contributed by atoms with Crippen LogP contribution in [0.2, 0.25) is 0 Å². The molecule has 0 aromatic carbocycles. The van der Waals surface area contributed by atoms with Crippen LogP contribution in [0.4, 0.5) is 5.69 Å². The highest BCUT2D eigenvalue weighted by Gasteiger charge is 2.23. The molecule has 0 spiro atoms. The van der Waals surface area contributed by atoms with E-state index in [1.54, 1.807) is 6.92 Å². The molecule has 1 aliphatic rings. The van der Waals surface area contributed by atoms with E-state index in [4.69, 9.17) is 5.73 Å². The van der Waals surface area contributed by atoms with Gasteiger partial charge in [-0.3, -0.25) is 14.6 Å². The van der Waals surface area contributed by atoms with Gasteiger partial charge in [-0.05, 0) is 12.8 Å². The molecule has 0 unspecified atom stereocenters. The fourth-order valence-electron chi connectivity index (χ4n) is 2.57. The lowest BCUT2D eigenvalue weighted by Crippen LogP contribution is -2.23. The van der Waals surface area contributed by atoms with Crippen LogP contribution in [-0.2, 0) is 16.4 Å². The predicted octanol–water partition coefficient (Wildman–Crippen LogP) is 0.851. The Morgan fingerprint density at radius 2 is 2.00 bits per heavy atom. The maximum atomic E-state index is 12.0. The van der Waals surface area contributed by atoms with Gasteiger partial charge in [0.2, 0.25) is 0 Å². The van der Waals surface area contributed by atoms with Crippen LogP contribution in [0.1, 0.15) is 44.2 Å². The van der Waals surface area contributed by atoms with Gasteiger partial charge in [0.15, 0.2) is 9.84 Å². The molecular formula is C12H21N3O3S. The molecule has 0 radical (unpaired) electrons. The molecule has 0 atom stereocenters. The largest absolute Gasteiger partial charge is 0.393 e. The van der Waals surface area contributed by atoms with Crippen molar-refractivity contribution in [1.29, 1.82) is 0 Å². The number of aryl methyl sites for hydroxylation is 1. The lowest BCUT2D eigenvalue weighted by atomic mass is 10.0. The number of hydrogen-bond acceptors (Lipinski definition) is 4. The Balaban J connectivity index is 2.18. The van der Waals surface area contributed by atoms with Crippen LogP contribution in [0.5, 0.6) is 0 Å². The maximum Gasteiger partial charge on any atom is 0.289 e. The molecule has 1 aliphatic carbocycles. The summed E-state index contributed by atoms with van der Waals surface area (Å²) >= 11 is 0. The summed E-state index contributed by atoms with van der Waals surface area (Å²) in [5.41, 5.74) is 6.58. The second kappa shape index (κ2) is 5.40. The van der Waals surface area contributed by atoms with Crippen LogP contribution >= 0.6 is 0 Å². The molecule has 19 heavy (non-hydrogen) atoms. The number of nitrogen functional groups attached to an aromatic ring is 1. The first-order valence-corrected chi connectivity index (χ1v) is 8.55. The van der Waals surface area contributed by atoms with Crippen molar-refractivity contribution < 1.29 is 8.42 Å². The molecule has 3 N–H and O–H groups in total. The first kappa shape index (κ1) is 14.2. The Hall–Kier alpha value is -1.24. The summed E-state index contributed by atoms with van der Waals surface area (Å²) in [6.07, 6.45) is 4.39. The molecule has 1 fully saturated rings. The van der Waals surface area contributed by atoms with Crippen molar-refractivity contribution in [2.75, 3.05) is 17.2 Å². The molecule has 0 amide bonds. The summed E-state index contributed by atoms with van der Waals surface area (Å²) in [5, 5.41) is 3.00. The Morgan fingerprint density at radius 1 is 1.37 bits per heavy atom. The van der Waals surface area contributed by atoms with Crippen molar-refractivity contribution in [2.45, 2.75) is 45.1 Å². The highest BCUT2D eigenvalue weighted by atomic mass is 32.2. The van der Waals surface area contributed by atoms with Gasteiger partial charge in [-0.15, -0.1) is 0 Å². The zero-order valence-electron chi connectivity index (χ0n) is 11.2. The summed E-state index contributed by atoms with van der Waals surface area (Å²) in [4.78, 5) is 12.0. The van der Waals surface area contributed by atoms with E-state index in [9.17, 15) is 13.2 Å². The van der Waals surface area contributed by atoms with Crippen LogP contribution in [-0.4, -0.2) is 29.7 Å². The van der Waals surface area contributed by atoms with Gasteiger partial charge in [0, 0.05) is 11.7 Å². The number of nitrogens with two attached hydrogens (primary N) is 1. The SMILES string of the molecule is CCS(=O)(=O)CCn1[nH]c(C2CCCC2)c(N)c1=O. The second-order valence-electron chi connectivity index (χ2n) is 5.11. The molecule has 2 rings (SSSR count). The van der Waals surface area contributed by atoms with Gasteiger partial charge >= 0.3 is 0 Å². The average Bonchev–Trinajstić information content (AvgIpc) is 2.99. The second-order valence-corrected chi connectivity index (χ2v) is 7.59. The molecule has 0 saturated heterocycles. The molecule has 7 heteroatoms. The molecule has 6 nitrogen and oxygen atoms in total. The van der Waals surface area contributed by atoms with Crippen LogP contribution in [0.25, 0.3) is 0 Å². The molecule has 108 valence electrons. The lowest BCUT2D eigenvalue weighted by molar-refractivity contribution is 0.570. The van der Waals surface area contributed by atoms with E-state index < -0.39 is 9.84 Å². The topological polar surface area (TPSA) is 97.9 Å². The Labute approximate surface area is 112 Å². The van der Waals surface area contributed by atoms with E-state index in [2.05, 4.69) is 5.10 Å². The van der Waals surface area contributed by atoms with Crippen LogP contribution in [0, 0.1) is 0 Å². The number of sulfone groups is 1. The highest BCUT2D eigenvalue weighted by Crippen LogP contribution is 2.34. The summed E-state index contributed by atoms with van der Waals surface area (Å²) in [7, 11) is -3.08. The van der Waals surface area contributed by atoms with Crippen LogP contribution < -0.4 is 11.3 Å². The van der Waals surface area contributed by atoms with Crippen molar-refractivity contribution in [3.63, 3.8) is 0 Å². The van der Waals surface area contributed by atoms with E-state index in [1.807, 2.05) is 0 Å². The molecule has 1 aromatic rings. The van der Waals surface area contributed by atoms with Gasteiger partial charge in [-0.1, -0.05) is 19.8 Å². The number of H-pyrrole nitrogens is 1. The van der Waals surface area contributed by atoms with E-state index in [1.165, 1.54) is 4.68 Å². The maximum absolute atomic E-state index is 12.0. The quantitative estimate of drug-likeness (QED) is 0.838. The Morgan fingerprint density at radius 3 is 2.58 bits per heavy atom. The fraction of sp³-hybridized carbons (Fsp3) is 0.750. The Kier molecular flexibility index (Phi) is 4.03. The van der Waals surface area contributed by atoms with E-state index in [-0.39, 0.29) is 29.3 Å². The minimum Gasteiger partial charge on any atom is -0.393 e. The van der Waals surface area contributed by atoms with E-state index in [0.717, 1.165) is 31.4 Å². The Bertz CT molecular complexity index is 594. The van der Waals surface area contributed by atoms with Gasteiger partial charge in [0.1, 0.15) is 5.69 Å². The summed E-state index contributed by atoms with van der Waals surface area (Å²) < 4.78 is 24.3. The molecule has 0 bridgehead atoms. The minimum absolute atomic E-state index is 0.0343. The molecule has 1 aromatic heterocycles. The zero-order chi connectivity index (χ0) is 14.0. The third-order valence-electron chi connectivity index (χ3n) is 3.85. The molecule has 0 aliphatic heterocycles. The van der Waals surface area contributed by atoms with Crippen LogP contribution in [0.15, 0.2) is 4.79 Å². The third-order valence-corrected chi connectivity index (χ3v) is 5.53. The van der Waals surface area contributed by atoms with Crippen molar-refractivity contribution in [2.24, 2.45) is 0 Å². The van der Waals surface area contributed by atoms with Crippen molar-refractivity contribution in [3.05, 3.63) is 16.0 Å². The first-order valence-electron chi connectivity index (χ1n) is 6.73. The number of hydrogen-bond donors (Lipinski definition) is 2. The standard InChI is InChI=1S/C12H21N3O3S/c1-2-19(17,18)8-7-15-12(16)10(13)11(14-15)9-5-3-4-6-9/h9,14H,2-8,13H2,1H3. The summed E-state index contributed by atoms with van der Waals surface area (Å²) in [6.45, 7) is 1.75. The number of rotatable bonds is 5. The fourth-order valence-corrected chi connectivity index (χ4v) is 3.32. The first-order chi connectivity index (χ1) is 8.94. The van der Waals surface area contributed by atoms with E-state index in [0.29, 0.717) is 5.92 Å². The predicted molar refractivity (Wildman–Crippen MR) is 75.0 cm³/mol. The summed E-state index contributed by atoms with van der Waals surface area (Å²) in [6, 6.07) is 0. The van der Waals surface area contributed by atoms with Crippen molar-refractivity contribution in [1.82, 2.24) is 9.78 Å². The number of nitrogens with zero attached hydrogens (tertiary/aromatic N) is 1. The van der Waals surface area contributed by atoms with Crippen molar-refractivity contribution >= 4 is 15.5 Å². The minimum atomic E-state index is -3.08. The third kappa shape index (κ3) is 3.02. The van der Waals surface area contributed by atoms with Crippen LogP contribution in [0.3, 0.4) is 0 Å². The van der Waals surface area contributed by atoms with Crippen molar-refractivity contribution in [3.8, 4) is 0 Å². The zero-order valence-corrected chi connectivity index (χ0v) is 12.0. The lowest BCUT2D eigenvalue weighted by Gasteiger charge is -2.07. The van der Waals surface area contributed by atoms with Gasteiger partial charge in [0.05, 0.1) is 18.0 Å². The highest BCUT2D eigenvalue weighted by molar-refractivity contribution is 7.91. The number of nitrogens with one attached hydrogen (secondary N) is 1. The number of anilines is 1. The smallest absolute Gasteiger partial charge is 0.289 e. The van der Waals surface area contributed by atoms with Gasteiger partial charge in [-0.25, -0.2) is 8.42 Å². The monoisotopic (exact) mass is 287 g/mol. The normalized spacial score (nSPS) is 17.1. The number of aromatic nitrogens is 2. The van der Waals surface area contributed by atoms with E-state index >= 15 is 0 Å². The summed E-state index contributed by atoms with van der Waals surface area (Å²) in [5.74, 6) is 0.373. The average molecular weight is 287 g/mol. The molecule has 1 saturated carbocycles. The van der Waals surface area contributed by atoms with Gasteiger partial charge in [-0.2, -0.15) is 0 Å². The molecule has 1 heterocycles. The van der Waals surface area contributed by atoms with Gasteiger partial charge < -0.3 is 5.73 Å².